The molecular weight excluding hydrogens is 518 g/mol. The molecular formula is C32H41N5O4. The first-order chi connectivity index (χ1) is 20.0. The first-order valence-electron chi connectivity index (χ1n) is 14.3. The molecule has 3 aromatic rings. The van der Waals surface area contributed by atoms with Crippen molar-refractivity contribution in [3.8, 4) is 5.75 Å². The molecule has 1 fully saturated rings. The fourth-order valence-electron chi connectivity index (χ4n) is 4.88. The summed E-state index contributed by atoms with van der Waals surface area (Å²) in [6, 6.07) is 20.9. The van der Waals surface area contributed by atoms with Crippen LogP contribution in [0.2, 0.25) is 0 Å². The minimum absolute atomic E-state index is 0.178. The average Bonchev–Trinajstić information content (AvgIpc) is 3.01. The van der Waals surface area contributed by atoms with Gasteiger partial charge in [0.2, 0.25) is 0 Å². The largest absolute Gasteiger partial charge is 0.495 e. The highest BCUT2D eigenvalue weighted by Crippen LogP contribution is 2.31. The van der Waals surface area contributed by atoms with E-state index in [2.05, 4.69) is 38.7 Å². The van der Waals surface area contributed by atoms with Crippen LogP contribution in [-0.4, -0.2) is 65.0 Å². The summed E-state index contributed by atoms with van der Waals surface area (Å²) in [5.41, 5.74) is 4.88. The number of amides is 3. The number of hydrogen-bond donors (Lipinski definition) is 3. The second kappa shape index (κ2) is 14.9. The zero-order valence-corrected chi connectivity index (χ0v) is 24.2. The molecule has 0 aliphatic carbocycles. The number of carbonyl (C=O) groups is 2. The van der Waals surface area contributed by atoms with E-state index in [1.807, 2.05) is 61.5 Å². The van der Waals surface area contributed by atoms with Crippen molar-refractivity contribution in [3.05, 3.63) is 77.9 Å². The summed E-state index contributed by atoms with van der Waals surface area (Å²) in [5.74, 6) is 0.672. The minimum atomic E-state index is -0.365. The van der Waals surface area contributed by atoms with E-state index in [0.717, 1.165) is 56.1 Å². The summed E-state index contributed by atoms with van der Waals surface area (Å²) < 4.78 is 11.0. The number of methoxy groups -OCH3 is 1. The molecule has 3 amide bonds. The number of benzene rings is 3. The van der Waals surface area contributed by atoms with Gasteiger partial charge in [-0.2, -0.15) is 0 Å². The van der Waals surface area contributed by atoms with Crippen LogP contribution < -0.4 is 30.5 Å². The molecule has 1 aliphatic heterocycles. The van der Waals surface area contributed by atoms with Crippen molar-refractivity contribution in [2.45, 2.75) is 26.7 Å². The molecule has 0 unspecified atom stereocenters. The molecule has 0 radical (unpaired) electrons. The maximum atomic E-state index is 13.4. The number of aryl methyl sites for hydroxylation is 1. The second-order valence-corrected chi connectivity index (χ2v) is 9.81. The van der Waals surface area contributed by atoms with Crippen LogP contribution >= 0.6 is 0 Å². The first-order valence-corrected chi connectivity index (χ1v) is 14.3. The van der Waals surface area contributed by atoms with E-state index in [-0.39, 0.29) is 11.9 Å². The Hall–Kier alpha value is -4.24. The van der Waals surface area contributed by atoms with Gasteiger partial charge in [0.1, 0.15) is 5.75 Å². The molecule has 3 N–H and O–H groups in total. The van der Waals surface area contributed by atoms with Gasteiger partial charge >= 0.3 is 6.03 Å². The van der Waals surface area contributed by atoms with E-state index in [9.17, 15) is 9.59 Å². The molecule has 218 valence electrons. The zero-order valence-electron chi connectivity index (χ0n) is 24.2. The van der Waals surface area contributed by atoms with Gasteiger partial charge in [-0.05, 0) is 67.8 Å². The van der Waals surface area contributed by atoms with Crippen LogP contribution in [0.25, 0.3) is 0 Å². The molecule has 1 saturated heterocycles. The van der Waals surface area contributed by atoms with Crippen LogP contribution in [0.5, 0.6) is 5.75 Å². The van der Waals surface area contributed by atoms with Gasteiger partial charge in [0.05, 0.1) is 18.4 Å². The molecule has 9 heteroatoms. The van der Waals surface area contributed by atoms with Crippen molar-refractivity contribution >= 4 is 34.7 Å². The molecule has 0 bridgehead atoms. The van der Waals surface area contributed by atoms with Gasteiger partial charge in [-0.1, -0.05) is 31.2 Å². The third-order valence-electron chi connectivity index (χ3n) is 7.12. The van der Waals surface area contributed by atoms with Crippen molar-refractivity contribution in [2.24, 2.45) is 0 Å². The Morgan fingerprint density at radius 3 is 2.17 bits per heavy atom. The summed E-state index contributed by atoms with van der Waals surface area (Å²) in [5, 5.41) is 8.76. The van der Waals surface area contributed by atoms with Gasteiger partial charge in [-0.25, -0.2) is 4.79 Å². The molecule has 0 spiro atoms. The summed E-state index contributed by atoms with van der Waals surface area (Å²) >= 11 is 0. The molecule has 1 heterocycles. The van der Waals surface area contributed by atoms with E-state index < -0.39 is 0 Å². The lowest BCUT2D eigenvalue weighted by atomic mass is 10.1. The SMILES string of the molecule is CCOCCCNC(=O)c1cc(NC(=O)Nc2ccc(CC)cc2)ccc1N1CCN(c2ccccc2OC)CC1. The summed E-state index contributed by atoms with van der Waals surface area (Å²) in [4.78, 5) is 30.6. The fourth-order valence-corrected chi connectivity index (χ4v) is 4.88. The highest BCUT2D eigenvalue weighted by atomic mass is 16.5. The fraction of sp³-hybridized carbons (Fsp3) is 0.375. The molecule has 41 heavy (non-hydrogen) atoms. The standard InChI is InChI=1S/C32H41N5O4/c1-4-24-11-13-25(14-12-24)34-32(39)35-26-15-16-28(27(23-26)31(38)33-17-8-22-41-5-2)36-18-20-37(21-19-36)29-9-6-7-10-30(29)40-3/h6-7,9-16,23H,4-5,8,17-22H2,1-3H3,(H,33,38)(H2,34,35,39). The number of nitrogens with one attached hydrogen (secondary N) is 3. The third kappa shape index (κ3) is 8.14. The molecule has 4 rings (SSSR count). The van der Waals surface area contributed by atoms with E-state index in [4.69, 9.17) is 9.47 Å². The van der Waals surface area contributed by atoms with E-state index >= 15 is 0 Å². The van der Waals surface area contributed by atoms with Crippen LogP contribution in [0.15, 0.2) is 66.7 Å². The van der Waals surface area contributed by atoms with E-state index in [1.54, 1.807) is 13.2 Å². The Balaban J connectivity index is 1.47. The molecule has 9 nitrogen and oxygen atoms in total. The number of nitrogens with zero attached hydrogens (tertiary/aromatic N) is 2. The van der Waals surface area contributed by atoms with Crippen molar-refractivity contribution in [2.75, 3.05) is 73.5 Å². The maximum Gasteiger partial charge on any atom is 0.323 e. The number of piperazine rings is 1. The summed E-state index contributed by atoms with van der Waals surface area (Å²) in [6.45, 7) is 8.84. The van der Waals surface area contributed by atoms with Gasteiger partial charge in [0, 0.05) is 63.0 Å². The number of carbonyl (C=O) groups excluding carboxylic acids is 2. The molecule has 3 aromatic carbocycles. The van der Waals surface area contributed by atoms with Crippen LogP contribution in [-0.2, 0) is 11.2 Å². The number of ether oxygens (including phenoxy) is 2. The van der Waals surface area contributed by atoms with Crippen LogP contribution in [0.4, 0.5) is 27.5 Å². The van der Waals surface area contributed by atoms with Gasteiger partial charge in [-0.3, -0.25) is 4.79 Å². The predicted molar refractivity (Wildman–Crippen MR) is 166 cm³/mol. The number of rotatable bonds is 12. The Labute approximate surface area is 242 Å². The molecule has 0 atom stereocenters. The normalized spacial score (nSPS) is 13.0. The molecule has 0 saturated carbocycles. The van der Waals surface area contributed by atoms with Crippen LogP contribution in [0.1, 0.15) is 36.2 Å². The van der Waals surface area contributed by atoms with Crippen LogP contribution in [0, 0.1) is 0 Å². The highest BCUT2D eigenvalue weighted by Gasteiger charge is 2.24. The molecule has 1 aliphatic rings. The van der Waals surface area contributed by atoms with Gasteiger partial charge in [0.25, 0.3) is 5.91 Å². The maximum absolute atomic E-state index is 13.4. The van der Waals surface area contributed by atoms with Crippen molar-refractivity contribution < 1.29 is 19.1 Å². The van der Waals surface area contributed by atoms with Crippen molar-refractivity contribution in [1.29, 1.82) is 0 Å². The van der Waals surface area contributed by atoms with Crippen molar-refractivity contribution in [1.82, 2.24) is 5.32 Å². The monoisotopic (exact) mass is 559 g/mol. The lowest BCUT2D eigenvalue weighted by molar-refractivity contribution is 0.0944. The molecule has 0 aromatic heterocycles. The predicted octanol–water partition coefficient (Wildman–Crippen LogP) is 5.38. The topological polar surface area (TPSA) is 95.2 Å². The third-order valence-corrected chi connectivity index (χ3v) is 7.12. The number of para-hydroxylation sites is 2. The van der Waals surface area contributed by atoms with E-state index in [0.29, 0.717) is 36.7 Å². The number of hydrogen-bond acceptors (Lipinski definition) is 6. The smallest absolute Gasteiger partial charge is 0.323 e. The Morgan fingerprint density at radius 2 is 1.49 bits per heavy atom. The van der Waals surface area contributed by atoms with E-state index in [1.165, 1.54) is 5.56 Å². The Bertz CT molecular complexity index is 1290. The van der Waals surface area contributed by atoms with Crippen molar-refractivity contribution in [3.63, 3.8) is 0 Å². The minimum Gasteiger partial charge on any atom is -0.495 e. The Kier molecular flexibility index (Phi) is 10.8. The second-order valence-electron chi connectivity index (χ2n) is 9.81. The van der Waals surface area contributed by atoms with Gasteiger partial charge < -0.3 is 35.2 Å². The van der Waals surface area contributed by atoms with Crippen LogP contribution in [0.3, 0.4) is 0 Å². The first kappa shape index (κ1) is 29.7. The Morgan fingerprint density at radius 1 is 0.829 bits per heavy atom. The van der Waals surface area contributed by atoms with Gasteiger partial charge in [0.15, 0.2) is 0 Å². The average molecular weight is 560 g/mol. The summed E-state index contributed by atoms with van der Waals surface area (Å²) in [7, 11) is 1.69. The number of urea groups is 1. The lowest BCUT2D eigenvalue weighted by Gasteiger charge is -2.38. The van der Waals surface area contributed by atoms with Gasteiger partial charge in [-0.15, -0.1) is 0 Å². The summed E-state index contributed by atoms with van der Waals surface area (Å²) in [6.07, 6.45) is 1.66. The number of anilines is 4. The highest BCUT2D eigenvalue weighted by molar-refractivity contribution is 6.04. The quantitative estimate of drug-likeness (QED) is 0.258. The lowest BCUT2D eigenvalue weighted by Crippen LogP contribution is -2.47. The zero-order chi connectivity index (χ0) is 29.0.